The molecule has 7 heteroatoms. The summed E-state index contributed by atoms with van der Waals surface area (Å²) in [6, 6.07) is 23.2. The van der Waals surface area contributed by atoms with Crippen molar-refractivity contribution in [2.75, 3.05) is 11.5 Å². The van der Waals surface area contributed by atoms with E-state index in [2.05, 4.69) is 0 Å². The number of nitrogens with zero attached hydrogens (tertiary/aromatic N) is 2. The summed E-state index contributed by atoms with van der Waals surface area (Å²) in [5.41, 5.74) is 0.174. The number of allylic oxidation sites excluding steroid dienone is 1. The van der Waals surface area contributed by atoms with E-state index in [1.165, 1.54) is 0 Å². The molecule has 1 atom stereocenters. The molecule has 2 aliphatic heterocycles. The van der Waals surface area contributed by atoms with Crippen molar-refractivity contribution in [2.45, 2.75) is 19.4 Å². The Kier molecular flexibility index (Phi) is 5.32. The molecule has 0 spiro atoms. The Bertz CT molecular complexity index is 1380. The van der Waals surface area contributed by atoms with Crippen molar-refractivity contribution < 1.29 is 23.9 Å². The minimum absolute atomic E-state index is 0.00451. The van der Waals surface area contributed by atoms with Crippen molar-refractivity contribution in [1.82, 2.24) is 4.90 Å². The van der Waals surface area contributed by atoms with Gasteiger partial charge in [-0.15, -0.1) is 0 Å². The Labute approximate surface area is 202 Å². The lowest BCUT2D eigenvalue weighted by Crippen LogP contribution is -2.65. The summed E-state index contributed by atoms with van der Waals surface area (Å²) in [7, 11) is 0. The number of carbonyl (C=O) groups is 4. The quantitative estimate of drug-likeness (QED) is 0.233. The molecule has 0 radical (unpaired) electrons. The van der Waals surface area contributed by atoms with Gasteiger partial charge in [0.15, 0.2) is 0 Å². The lowest BCUT2D eigenvalue weighted by molar-refractivity contribution is -0.155. The molecule has 0 saturated carbocycles. The predicted octanol–water partition coefficient (Wildman–Crippen LogP) is 4.37. The molecule has 5 rings (SSSR count). The number of ketones is 1. The number of carbonyl (C=O) groups excluding carboxylic acids is 4. The number of anilines is 1. The normalized spacial score (nSPS) is 18.9. The number of esters is 1. The van der Waals surface area contributed by atoms with E-state index in [-0.39, 0.29) is 17.9 Å². The topological polar surface area (TPSA) is 84.0 Å². The molecule has 1 unspecified atom stereocenters. The molecule has 0 aliphatic carbocycles. The Morgan fingerprint density at radius 3 is 2.06 bits per heavy atom. The van der Waals surface area contributed by atoms with E-state index < -0.39 is 29.2 Å². The first-order chi connectivity index (χ1) is 16.9. The van der Waals surface area contributed by atoms with Crippen molar-refractivity contribution >= 4 is 35.0 Å². The van der Waals surface area contributed by atoms with Gasteiger partial charge in [-0.3, -0.25) is 14.5 Å². The maximum atomic E-state index is 14.0. The third-order valence-corrected chi connectivity index (χ3v) is 6.23. The number of benzene rings is 3. The maximum absolute atomic E-state index is 14.0. The number of rotatable bonds is 6. The van der Waals surface area contributed by atoms with Crippen LogP contribution in [0.3, 0.4) is 0 Å². The highest BCUT2D eigenvalue weighted by atomic mass is 16.5. The van der Waals surface area contributed by atoms with Gasteiger partial charge in [0.25, 0.3) is 11.4 Å². The number of Topliss-reactive ketones (excluding diaryl/α,β-unsaturated/α-hetero) is 1. The Hall–Kier alpha value is -4.52. The highest BCUT2D eigenvalue weighted by Gasteiger charge is 2.74. The number of amides is 3. The van der Waals surface area contributed by atoms with Gasteiger partial charge in [0.05, 0.1) is 12.3 Å². The highest BCUT2D eigenvalue weighted by Crippen LogP contribution is 2.54. The number of para-hydroxylation sites is 1. The van der Waals surface area contributed by atoms with Crippen LogP contribution in [0.15, 0.2) is 90.6 Å². The molecular formula is C28H22N2O5. The standard InChI is InChI=1S/C28H22N2O5/c1-3-35-26(33)28-22(19-10-6-4-7-11-19)23(24(31)20-16-14-18(2)15-17-20)30(28)27(34)29(25(28)32)21-12-8-5-9-13-21/h4-17H,3H2,1-2H3. The van der Waals surface area contributed by atoms with E-state index in [9.17, 15) is 19.2 Å². The van der Waals surface area contributed by atoms with Gasteiger partial charge < -0.3 is 4.74 Å². The predicted molar refractivity (Wildman–Crippen MR) is 129 cm³/mol. The van der Waals surface area contributed by atoms with Crippen molar-refractivity contribution in [2.24, 2.45) is 0 Å². The van der Waals surface area contributed by atoms with Crippen LogP contribution in [0.5, 0.6) is 0 Å². The third-order valence-electron chi connectivity index (χ3n) is 6.23. The lowest BCUT2D eigenvalue weighted by Gasteiger charge is -2.45. The zero-order chi connectivity index (χ0) is 24.7. The second-order valence-corrected chi connectivity index (χ2v) is 8.31. The van der Waals surface area contributed by atoms with Crippen molar-refractivity contribution in [3.05, 3.63) is 107 Å². The van der Waals surface area contributed by atoms with E-state index >= 15 is 0 Å². The van der Waals surface area contributed by atoms with Crippen LogP contribution in [0, 0.1) is 6.92 Å². The fourth-order valence-electron chi connectivity index (χ4n) is 4.63. The first-order valence-electron chi connectivity index (χ1n) is 11.3. The van der Waals surface area contributed by atoms with Crippen LogP contribution in [0.1, 0.15) is 28.4 Å². The van der Waals surface area contributed by atoms with E-state index in [1.54, 1.807) is 91.9 Å². The summed E-state index contributed by atoms with van der Waals surface area (Å²) in [6.45, 7) is 3.53. The Balaban J connectivity index is 1.77. The largest absolute Gasteiger partial charge is 0.464 e. The van der Waals surface area contributed by atoms with Crippen LogP contribution in [0.2, 0.25) is 0 Å². The zero-order valence-corrected chi connectivity index (χ0v) is 19.2. The fourth-order valence-corrected chi connectivity index (χ4v) is 4.63. The number of imide groups is 1. The van der Waals surface area contributed by atoms with Gasteiger partial charge in [-0.05, 0) is 31.5 Å². The molecule has 0 N–H and O–H groups in total. The van der Waals surface area contributed by atoms with Gasteiger partial charge in [0, 0.05) is 11.1 Å². The monoisotopic (exact) mass is 466 g/mol. The van der Waals surface area contributed by atoms with E-state index in [0.717, 1.165) is 15.4 Å². The van der Waals surface area contributed by atoms with Crippen LogP contribution in [0.4, 0.5) is 10.5 Å². The summed E-state index contributed by atoms with van der Waals surface area (Å²) < 4.78 is 5.33. The van der Waals surface area contributed by atoms with Crippen LogP contribution in [-0.2, 0) is 14.3 Å². The summed E-state index contributed by atoms with van der Waals surface area (Å²) in [5, 5.41) is 0. The number of ether oxygens (including phenoxy) is 1. The van der Waals surface area contributed by atoms with Crippen molar-refractivity contribution in [1.29, 1.82) is 0 Å². The molecule has 3 aromatic carbocycles. The lowest BCUT2D eigenvalue weighted by atomic mass is 9.73. The number of fused-ring (bicyclic) bond motifs is 1. The third kappa shape index (κ3) is 3.12. The second-order valence-electron chi connectivity index (χ2n) is 8.31. The maximum Gasteiger partial charge on any atom is 0.347 e. The molecule has 1 saturated heterocycles. The van der Waals surface area contributed by atoms with Crippen LogP contribution in [-0.4, -0.2) is 40.7 Å². The molecule has 0 aromatic heterocycles. The van der Waals surface area contributed by atoms with Gasteiger partial charge >= 0.3 is 12.0 Å². The number of hydrogen-bond donors (Lipinski definition) is 0. The van der Waals surface area contributed by atoms with Crippen LogP contribution in [0.25, 0.3) is 5.57 Å². The molecule has 174 valence electrons. The van der Waals surface area contributed by atoms with Gasteiger partial charge in [0.1, 0.15) is 5.70 Å². The molecule has 35 heavy (non-hydrogen) atoms. The van der Waals surface area contributed by atoms with Crippen molar-refractivity contribution in [3.63, 3.8) is 0 Å². The Morgan fingerprint density at radius 1 is 0.857 bits per heavy atom. The fraction of sp³-hybridized carbons (Fsp3) is 0.143. The van der Waals surface area contributed by atoms with E-state index in [4.69, 9.17) is 4.74 Å². The number of urea groups is 1. The molecule has 7 nitrogen and oxygen atoms in total. The first kappa shape index (κ1) is 22.3. The van der Waals surface area contributed by atoms with Crippen molar-refractivity contribution in [3.8, 4) is 0 Å². The SMILES string of the molecule is CCOC(=O)C12C(=O)N(c3ccccc3)C(=O)N1C(C(=O)c1ccc(C)cc1)=C2c1ccccc1. The average Bonchev–Trinajstić information content (AvgIpc) is 3.04. The second kappa shape index (κ2) is 8.36. The van der Waals surface area contributed by atoms with Crippen LogP contribution < -0.4 is 4.90 Å². The minimum atomic E-state index is -2.08. The molecule has 3 aromatic rings. The highest BCUT2D eigenvalue weighted by molar-refractivity contribution is 6.42. The van der Waals surface area contributed by atoms with E-state index in [1.807, 2.05) is 6.92 Å². The zero-order valence-electron chi connectivity index (χ0n) is 19.2. The first-order valence-corrected chi connectivity index (χ1v) is 11.3. The average molecular weight is 466 g/mol. The molecule has 3 amide bonds. The molecule has 2 aliphatic rings. The molecule has 2 heterocycles. The summed E-state index contributed by atoms with van der Waals surface area (Å²) in [5.74, 6) is -2.12. The summed E-state index contributed by atoms with van der Waals surface area (Å²) in [6.07, 6.45) is 0. The van der Waals surface area contributed by atoms with E-state index in [0.29, 0.717) is 16.8 Å². The summed E-state index contributed by atoms with van der Waals surface area (Å²) >= 11 is 0. The van der Waals surface area contributed by atoms with Gasteiger partial charge in [-0.1, -0.05) is 78.4 Å². The minimum Gasteiger partial charge on any atom is -0.464 e. The van der Waals surface area contributed by atoms with Gasteiger partial charge in [-0.25, -0.2) is 14.5 Å². The van der Waals surface area contributed by atoms with Gasteiger partial charge in [-0.2, -0.15) is 0 Å². The molecular weight excluding hydrogens is 444 g/mol. The van der Waals surface area contributed by atoms with Crippen LogP contribution >= 0.6 is 0 Å². The number of hydrogen-bond acceptors (Lipinski definition) is 5. The molecule has 0 bridgehead atoms. The van der Waals surface area contributed by atoms with Gasteiger partial charge in [0.2, 0.25) is 5.78 Å². The summed E-state index contributed by atoms with van der Waals surface area (Å²) in [4.78, 5) is 56.9. The smallest absolute Gasteiger partial charge is 0.347 e. The number of aryl methyl sites for hydroxylation is 1. The molecule has 1 fully saturated rings. The Morgan fingerprint density at radius 2 is 1.46 bits per heavy atom.